The molecule has 0 aliphatic heterocycles. The Morgan fingerprint density at radius 2 is 2.06 bits per heavy atom. The Labute approximate surface area is 93.3 Å². The average Bonchev–Trinajstić information content (AvgIpc) is 2.80. The lowest BCUT2D eigenvalue weighted by molar-refractivity contribution is 0.101. The van der Waals surface area contributed by atoms with Gasteiger partial charge in [-0.1, -0.05) is 5.16 Å². The van der Waals surface area contributed by atoms with Crippen LogP contribution in [0.1, 0.15) is 23.0 Å². The van der Waals surface area contributed by atoms with Crippen LogP contribution in [0.3, 0.4) is 0 Å². The van der Waals surface area contributed by atoms with Crippen LogP contribution in [0.25, 0.3) is 0 Å². The maximum Gasteiger partial charge on any atom is 0.159 e. The summed E-state index contributed by atoms with van der Waals surface area (Å²) in [5.41, 5.74) is 2.51. The van der Waals surface area contributed by atoms with E-state index < -0.39 is 0 Å². The molecule has 16 heavy (non-hydrogen) atoms. The summed E-state index contributed by atoms with van der Waals surface area (Å²) < 4.78 is 4.72. The molecule has 1 heterocycles. The lowest BCUT2D eigenvalue weighted by atomic mass is 10.1. The smallest absolute Gasteiger partial charge is 0.159 e. The Morgan fingerprint density at radius 3 is 2.62 bits per heavy atom. The highest BCUT2D eigenvalue weighted by Gasteiger charge is 1.99. The number of aromatic nitrogens is 1. The minimum Gasteiger partial charge on any atom is -0.379 e. The van der Waals surface area contributed by atoms with Gasteiger partial charge in [-0.15, -0.1) is 0 Å². The zero-order valence-electron chi connectivity index (χ0n) is 8.93. The van der Waals surface area contributed by atoms with Crippen LogP contribution >= 0.6 is 0 Å². The quantitative estimate of drug-likeness (QED) is 0.798. The number of Topliss-reactive ketones (excluding diaryl/α,β-unsaturated/α-hetero) is 1. The second-order valence-corrected chi connectivity index (χ2v) is 3.48. The van der Waals surface area contributed by atoms with Crippen LogP contribution in [0, 0.1) is 0 Å². The van der Waals surface area contributed by atoms with Gasteiger partial charge in [0.15, 0.2) is 5.78 Å². The molecule has 1 N–H and O–H groups in total. The molecule has 82 valence electrons. The summed E-state index contributed by atoms with van der Waals surface area (Å²) in [6.07, 6.45) is 1.54. The van der Waals surface area contributed by atoms with E-state index in [1.807, 2.05) is 12.1 Å². The van der Waals surface area contributed by atoms with E-state index >= 15 is 0 Å². The summed E-state index contributed by atoms with van der Waals surface area (Å²) in [6, 6.07) is 9.14. The van der Waals surface area contributed by atoms with Crippen molar-refractivity contribution in [3.8, 4) is 0 Å². The van der Waals surface area contributed by atoms with Crippen molar-refractivity contribution < 1.29 is 9.32 Å². The summed E-state index contributed by atoms with van der Waals surface area (Å²) in [5.74, 6) is 0.0723. The third kappa shape index (κ3) is 2.48. The van der Waals surface area contributed by atoms with Crippen LogP contribution in [-0.4, -0.2) is 10.9 Å². The van der Waals surface area contributed by atoms with Gasteiger partial charge >= 0.3 is 0 Å². The first-order chi connectivity index (χ1) is 7.75. The van der Waals surface area contributed by atoms with E-state index in [0.717, 1.165) is 11.4 Å². The van der Waals surface area contributed by atoms with Crippen molar-refractivity contribution in [3.63, 3.8) is 0 Å². The number of carbonyl (C=O) groups is 1. The number of anilines is 1. The lowest BCUT2D eigenvalue weighted by Gasteiger charge is -2.04. The Kier molecular flexibility index (Phi) is 3.00. The van der Waals surface area contributed by atoms with Crippen LogP contribution in [-0.2, 0) is 6.54 Å². The monoisotopic (exact) mass is 216 g/mol. The molecule has 0 fully saturated rings. The van der Waals surface area contributed by atoms with Crippen molar-refractivity contribution in [1.29, 1.82) is 0 Å². The molecular formula is C12H12N2O2. The van der Waals surface area contributed by atoms with Crippen LogP contribution < -0.4 is 5.32 Å². The van der Waals surface area contributed by atoms with Gasteiger partial charge in [-0.2, -0.15) is 0 Å². The van der Waals surface area contributed by atoms with Gasteiger partial charge in [-0.3, -0.25) is 4.79 Å². The van der Waals surface area contributed by atoms with Crippen LogP contribution in [0.2, 0.25) is 0 Å². The minimum absolute atomic E-state index is 0.0723. The zero-order valence-corrected chi connectivity index (χ0v) is 8.93. The summed E-state index contributed by atoms with van der Waals surface area (Å²) >= 11 is 0. The minimum atomic E-state index is 0.0723. The van der Waals surface area contributed by atoms with Crippen molar-refractivity contribution in [1.82, 2.24) is 5.16 Å². The van der Waals surface area contributed by atoms with Gasteiger partial charge < -0.3 is 9.84 Å². The lowest BCUT2D eigenvalue weighted by Crippen LogP contribution is -2.00. The summed E-state index contributed by atoms with van der Waals surface area (Å²) in [6.45, 7) is 2.16. The molecule has 0 saturated carbocycles. The fourth-order valence-electron chi connectivity index (χ4n) is 1.34. The van der Waals surface area contributed by atoms with Gasteiger partial charge in [0.25, 0.3) is 0 Å². The van der Waals surface area contributed by atoms with Crippen molar-refractivity contribution >= 4 is 11.5 Å². The number of nitrogens with zero attached hydrogens (tertiary/aromatic N) is 1. The Morgan fingerprint density at radius 1 is 1.31 bits per heavy atom. The number of hydrogen-bond donors (Lipinski definition) is 1. The number of nitrogens with one attached hydrogen (secondary N) is 1. The van der Waals surface area contributed by atoms with Gasteiger partial charge in [0, 0.05) is 17.3 Å². The molecule has 0 saturated heterocycles. The van der Waals surface area contributed by atoms with Crippen molar-refractivity contribution in [2.45, 2.75) is 13.5 Å². The second-order valence-electron chi connectivity index (χ2n) is 3.48. The molecule has 0 bridgehead atoms. The molecule has 2 aromatic rings. The Hall–Kier alpha value is -2.10. The van der Waals surface area contributed by atoms with Gasteiger partial charge in [0.05, 0.1) is 6.54 Å². The SMILES string of the molecule is CC(=O)c1ccc(NCc2ccon2)cc1. The molecule has 0 radical (unpaired) electrons. The van der Waals surface area contributed by atoms with Crippen LogP contribution in [0.4, 0.5) is 5.69 Å². The highest BCUT2D eigenvalue weighted by atomic mass is 16.5. The second kappa shape index (κ2) is 4.61. The third-order valence-corrected chi connectivity index (χ3v) is 2.26. The third-order valence-electron chi connectivity index (χ3n) is 2.26. The standard InChI is InChI=1S/C12H12N2O2/c1-9(15)10-2-4-11(5-3-10)13-8-12-6-7-16-14-12/h2-7,13H,8H2,1H3. The van der Waals surface area contributed by atoms with E-state index in [1.54, 1.807) is 25.1 Å². The largest absolute Gasteiger partial charge is 0.379 e. The van der Waals surface area contributed by atoms with Crippen LogP contribution in [0.5, 0.6) is 0 Å². The van der Waals surface area contributed by atoms with E-state index in [2.05, 4.69) is 10.5 Å². The summed E-state index contributed by atoms with van der Waals surface area (Å²) in [5, 5.41) is 6.96. The molecule has 0 atom stereocenters. The van der Waals surface area contributed by atoms with E-state index in [-0.39, 0.29) is 5.78 Å². The number of carbonyl (C=O) groups excluding carboxylic acids is 1. The van der Waals surface area contributed by atoms with Crippen LogP contribution in [0.15, 0.2) is 41.1 Å². The van der Waals surface area contributed by atoms with E-state index in [9.17, 15) is 4.79 Å². The Balaban J connectivity index is 1.98. The van der Waals surface area contributed by atoms with Crippen molar-refractivity contribution in [3.05, 3.63) is 47.9 Å². The van der Waals surface area contributed by atoms with E-state index in [4.69, 9.17) is 4.52 Å². The molecule has 4 heteroatoms. The van der Waals surface area contributed by atoms with Gasteiger partial charge in [-0.25, -0.2) is 0 Å². The molecule has 1 aromatic carbocycles. The molecule has 0 amide bonds. The predicted molar refractivity (Wildman–Crippen MR) is 60.3 cm³/mol. The number of rotatable bonds is 4. The highest BCUT2D eigenvalue weighted by Crippen LogP contribution is 2.11. The average molecular weight is 216 g/mol. The first-order valence-electron chi connectivity index (χ1n) is 5.00. The van der Waals surface area contributed by atoms with Crippen molar-refractivity contribution in [2.24, 2.45) is 0 Å². The fourth-order valence-corrected chi connectivity index (χ4v) is 1.34. The number of benzene rings is 1. The molecular weight excluding hydrogens is 204 g/mol. The molecule has 2 rings (SSSR count). The normalized spacial score (nSPS) is 10.1. The molecule has 4 nitrogen and oxygen atoms in total. The highest BCUT2D eigenvalue weighted by molar-refractivity contribution is 5.94. The molecule has 0 aliphatic carbocycles. The van der Waals surface area contributed by atoms with E-state index in [0.29, 0.717) is 12.1 Å². The van der Waals surface area contributed by atoms with Gasteiger partial charge in [0.2, 0.25) is 0 Å². The number of ketones is 1. The first kappa shape index (κ1) is 10.4. The fraction of sp³-hybridized carbons (Fsp3) is 0.167. The molecule has 1 aromatic heterocycles. The predicted octanol–water partition coefficient (Wildman–Crippen LogP) is 2.49. The van der Waals surface area contributed by atoms with Gasteiger partial charge in [0.1, 0.15) is 12.0 Å². The maximum absolute atomic E-state index is 11.1. The first-order valence-corrected chi connectivity index (χ1v) is 5.00. The topological polar surface area (TPSA) is 55.1 Å². The molecule has 0 aliphatic rings. The molecule has 0 unspecified atom stereocenters. The van der Waals surface area contributed by atoms with Crippen molar-refractivity contribution in [2.75, 3.05) is 5.32 Å². The number of hydrogen-bond acceptors (Lipinski definition) is 4. The Bertz CT molecular complexity index is 460. The summed E-state index contributed by atoms with van der Waals surface area (Å²) in [7, 11) is 0. The summed E-state index contributed by atoms with van der Waals surface area (Å²) in [4.78, 5) is 11.1. The van der Waals surface area contributed by atoms with E-state index in [1.165, 1.54) is 6.26 Å². The maximum atomic E-state index is 11.1. The van der Waals surface area contributed by atoms with Gasteiger partial charge in [-0.05, 0) is 31.2 Å². The zero-order chi connectivity index (χ0) is 11.4. The molecule has 0 spiro atoms.